The fraction of sp³-hybridized carbons (Fsp3) is 0.0196. The van der Waals surface area contributed by atoms with E-state index < -0.39 is 0 Å². The predicted octanol–water partition coefficient (Wildman–Crippen LogP) is 13.2. The van der Waals surface area contributed by atoms with E-state index in [9.17, 15) is 0 Å². The number of hydrogen-bond donors (Lipinski definition) is 1. The quantitative estimate of drug-likeness (QED) is 0.191. The SMILES string of the molecule is c1ccc(C2=NC(c3ccc4oc5ccc(-c6ccc7c(c6)sc6c(-n8c9ccccc9c9ccccc98)cccc67)cc5c4c3)NC(c3ccccc3)=N2)cc1. The molecule has 57 heavy (non-hydrogen) atoms. The molecule has 12 rings (SSSR count). The van der Waals surface area contributed by atoms with Crippen LogP contribution in [-0.2, 0) is 0 Å². The van der Waals surface area contributed by atoms with E-state index in [1.807, 2.05) is 47.7 Å². The standard InChI is InChI=1S/C51H32N4OS/c1-3-12-31(13-4-1)49-52-50(32-14-5-2-6-15-32)54-51(53-49)35-24-27-46-41(29-35)40-28-33(23-26-45(40)56-46)34-22-25-38-39-18-11-21-44(48(39)57-47(38)30-34)55-42-19-9-7-16-36(42)37-17-8-10-20-43(37)55/h1-30,51H,(H,52,53,54). The van der Waals surface area contributed by atoms with Gasteiger partial charge in [0.05, 0.1) is 21.4 Å². The lowest BCUT2D eigenvalue weighted by Gasteiger charge is -2.23. The van der Waals surface area contributed by atoms with Crippen molar-refractivity contribution in [1.82, 2.24) is 9.88 Å². The number of fused-ring (bicyclic) bond motifs is 9. The van der Waals surface area contributed by atoms with Crippen molar-refractivity contribution in [2.45, 2.75) is 6.17 Å². The first-order chi connectivity index (χ1) is 28.2. The Morgan fingerprint density at radius 1 is 0.491 bits per heavy atom. The van der Waals surface area contributed by atoms with Crippen LogP contribution in [0.25, 0.3) is 80.7 Å². The highest BCUT2D eigenvalue weighted by atomic mass is 32.1. The number of para-hydroxylation sites is 2. The Hall–Kier alpha value is -7.28. The monoisotopic (exact) mass is 748 g/mol. The number of benzene rings is 8. The van der Waals surface area contributed by atoms with Gasteiger partial charge < -0.3 is 14.3 Å². The minimum atomic E-state index is -0.326. The third-order valence-electron chi connectivity index (χ3n) is 11.3. The summed E-state index contributed by atoms with van der Waals surface area (Å²) in [6.45, 7) is 0. The minimum Gasteiger partial charge on any atom is -0.456 e. The van der Waals surface area contributed by atoms with Gasteiger partial charge in [0.1, 0.15) is 23.2 Å². The fourth-order valence-corrected chi connectivity index (χ4v) is 9.79. The van der Waals surface area contributed by atoms with Crippen molar-refractivity contribution in [3.8, 4) is 16.8 Å². The highest BCUT2D eigenvalue weighted by Gasteiger charge is 2.23. The summed E-state index contributed by atoms with van der Waals surface area (Å²) >= 11 is 1.87. The van der Waals surface area contributed by atoms with Crippen LogP contribution in [0.15, 0.2) is 196 Å². The molecule has 1 N–H and O–H groups in total. The van der Waals surface area contributed by atoms with Crippen LogP contribution < -0.4 is 5.32 Å². The summed E-state index contributed by atoms with van der Waals surface area (Å²) in [4.78, 5) is 10.1. The molecule has 8 aromatic carbocycles. The zero-order valence-electron chi connectivity index (χ0n) is 30.6. The van der Waals surface area contributed by atoms with E-state index in [0.29, 0.717) is 5.84 Å². The molecule has 0 saturated carbocycles. The highest BCUT2D eigenvalue weighted by molar-refractivity contribution is 7.26. The van der Waals surface area contributed by atoms with Gasteiger partial charge in [-0.1, -0.05) is 133 Å². The number of thiophene rings is 1. The van der Waals surface area contributed by atoms with Gasteiger partial charge in [-0.25, -0.2) is 9.98 Å². The van der Waals surface area contributed by atoms with Crippen LogP contribution in [0.5, 0.6) is 0 Å². The Labute approximate surface area is 331 Å². The third-order valence-corrected chi connectivity index (χ3v) is 12.5. The van der Waals surface area contributed by atoms with Crippen LogP contribution in [0.2, 0.25) is 0 Å². The van der Waals surface area contributed by atoms with Gasteiger partial charge in [0.25, 0.3) is 0 Å². The maximum absolute atomic E-state index is 6.41. The normalized spacial score (nSPS) is 14.5. The van der Waals surface area contributed by atoms with Gasteiger partial charge in [0.2, 0.25) is 0 Å². The van der Waals surface area contributed by atoms with E-state index in [4.69, 9.17) is 14.4 Å². The number of amidine groups is 2. The fourth-order valence-electron chi connectivity index (χ4n) is 8.54. The van der Waals surface area contributed by atoms with Crippen molar-refractivity contribution in [3.05, 3.63) is 199 Å². The topological polar surface area (TPSA) is 54.8 Å². The summed E-state index contributed by atoms with van der Waals surface area (Å²) in [5.41, 5.74) is 10.7. The molecule has 0 bridgehead atoms. The van der Waals surface area contributed by atoms with Crippen LogP contribution >= 0.6 is 11.3 Å². The van der Waals surface area contributed by atoms with Crippen molar-refractivity contribution < 1.29 is 4.42 Å². The van der Waals surface area contributed by atoms with Crippen LogP contribution in [-0.4, -0.2) is 16.2 Å². The molecule has 0 spiro atoms. The zero-order chi connectivity index (χ0) is 37.5. The number of aromatic nitrogens is 1. The van der Waals surface area contributed by atoms with Gasteiger partial charge in [-0.3, -0.25) is 0 Å². The van der Waals surface area contributed by atoms with E-state index in [1.165, 1.54) is 53.2 Å². The molecule has 11 aromatic rings. The summed E-state index contributed by atoms with van der Waals surface area (Å²) in [6, 6.07) is 64.4. The van der Waals surface area contributed by atoms with Crippen molar-refractivity contribution in [2.24, 2.45) is 9.98 Å². The Balaban J connectivity index is 0.952. The van der Waals surface area contributed by atoms with Crippen LogP contribution in [0.3, 0.4) is 0 Å². The predicted molar refractivity (Wildman–Crippen MR) is 238 cm³/mol. The average molecular weight is 749 g/mol. The molecule has 5 nitrogen and oxygen atoms in total. The average Bonchev–Trinajstić information content (AvgIpc) is 3.95. The summed E-state index contributed by atoms with van der Waals surface area (Å²) in [7, 11) is 0. The molecular weight excluding hydrogens is 717 g/mol. The molecule has 1 atom stereocenters. The number of nitrogens with one attached hydrogen (secondary N) is 1. The molecule has 0 fully saturated rings. The smallest absolute Gasteiger partial charge is 0.159 e. The number of furan rings is 1. The zero-order valence-corrected chi connectivity index (χ0v) is 31.4. The van der Waals surface area contributed by atoms with E-state index in [-0.39, 0.29) is 6.17 Å². The summed E-state index contributed by atoms with van der Waals surface area (Å²) in [5, 5.41) is 10.8. The van der Waals surface area contributed by atoms with Gasteiger partial charge in [-0.15, -0.1) is 11.3 Å². The molecule has 268 valence electrons. The molecule has 4 heterocycles. The molecule has 0 radical (unpaired) electrons. The molecule has 3 aromatic heterocycles. The maximum atomic E-state index is 6.41. The first-order valence-electron chi connectivity index (χ1n) is 19.2. The van der Waals surface area contributed by atoms with Gasteiger partial charge in [0.15, 0.2) is 5.84 Å². The van der Waals surface area contributed by atoms with Crippen LogP contribution in [0.4, 0.5) is 0 Å². The number of hydrogen-bond acceptors (Lipinski definition) is 5. The van der Waals surface area contributed by atoms with Gasteiger partial charge in [-0.05, 0) is 65.2 Å². The molecule has 0 aliphatic carbocycles. The molecule has 6 heteroatoms. The Morgan fingerprint density at radius 2 is 1.12 bits per heavy atom. The van der Waals surface area contributed by atoms with Crippen molar-refractivity contribution in [1.29, 1.82) is 0 Å². The lowest BCUT2D eigenvalue weighted by atomic mass is 10.0. The van der Waals surface area contributed by atoms with Gasteiger partial charge >= 0.3 is 0 Å². The Bertz CT molecular complexity index is 3390. The second-order valence-corrected chi connectivity index (χ2v) is 15.6. The van der Waals surface area contributed by atoms with E-state index in [2.05, 4.69) is 155 Å². The first-order valence-corrected chi connectivity index (χ1v) is 20.0. The summed E-state index contributed by atoms with van der Waals surface area (Å²) in [5.74, 6) is 1.50. The Kier molecular flexibility index (Phi) is 7.09. The highest BCUT2D eigenvalue weighted by Crippen LogP contribution is 2.43. The Morgan fingerprint density at radius 3 is 1.89 bits per heavy atom. The molecule has 0 saturated heterocycles. The number of rotatable bonds is 5. The summed E-state index contributed by atoms with van der Waals surface area (Å²) < 4.78 is 11.4. The van der Waals surface area contributed by atoms with Crippen LogP contribution in [0, 0.1) is 0 Å². The largest absolute Gasteiger partial charge is 0.456 e. The lowest BCUT2D eigenvalue weighted by Crippen LogP contribution is -2.33. The molecule has 1 aliphatic heterocycles. The molecule has 1 aliphatic rings. The van der Waals surface area contributed by atoms with Crippen molar-refractivity contribution in [2.75, 3.05) is 0 Å². The maximum Gasteiger partial charge on any atom is 0.159 e. The number of nitrogens with zero attached hydrogens (tertiary/aromatic N) is 3. The molecule has 0 amide bonds. The van der Waals surface area contributed by atoms with Crippen LogP contribution in [0.1, 0.15) is 22.9 Å². The molecular formula is C51H32N4OS. The van der Waals surface area contributed by atoms with Gasteiger partial charge in [0, 0.05) is 48.1 Å². The number of aliphatic imine (C=N–C) groups is 2. The van der Waals surface area contributed by atoms with Crippen molar-refractivity contribution >= 4 is 86.9 Å². The van der Waals surface area contributed by atoms with E-state index in [0.717, 1.165) is 50.0 Å². The van der Waals surface area contributed by atoms with Crippen molar-refractivity contribution in [3.63, 3.8) is 0 Å². The third kappa shape index (κ3) is 5.15. The minimum absolute atomic E-state index is 0.326. The van der Waals surface area contributed by atoms with E-state index >= 15 is 0 Å². The lowest BCUT2D eigenvalue weighted by molar-refractivity contribution is 0.663. The summed E-state index contributed by atoms with van der Waals surface area (Å²) in [6.07, 6.45) is -0.326. The second-order valence-electron chi connectivity index (χ2n) is 14.6. The van der Waals surface area contributed by atoms with E-state index in [1.54, 1.807) is 0 Å². The molecule has 1 unspecified atom stereocenters. The van der Waals surface area contributed by atoms with Gasteiger partial charge in [-0.2, -0.15) is 0 Å². The first kappa shape index (κ1) is 32.0. The second kappa shape index (κ2) is 12.6.